The molecule has 0 aliphatic rings. The van der Waals surface area contributed by atoms with Crippen molar-refractivity contribution in [2.75, 3.05) is 0 Å². The highest BCUT2D eigenvalue weighted by Crippen LogP contribution is 2.23. The van der Waals surface area contributed by atoms with Crippen molar-refractivity contribution < 1.29 is 4.42 Å². The van der Waals surface area contributed by atoms with Gasteiger partial charge >= 0.3 is 0 Å². The summed E-state index contributed by atoms with van der Waals surface area (Å²) in [6.45, 7) is 0. The number of nitrogens with one attached hydrogen (secondary N) is 1. The van der Waals surface area contributed by atoms with Crippen molar-refractivity contribution >= 4 is 23.9 Å². The Kier molecular flexibility index (Phi) is 4.93. The van der Waals surface area contributed by atoms with Gasteiger partial charge in [0.2, 0.25) is 11.0 Å². The molecule has 0 radical (unpaired) electrons. The molecule has 128 valence electrons. The molecule has 26 heavy (non-hydrogen) atoms. The Hall–Kier alpha value is -3.12. The fourth-order valence-electron chi connectivity index (χ4n) is 2.36. The van der Waals surface area contributed by atoms with Crippen LogP contribution in [-0.4, -0.2) is 20.2 Å². The maximum atomic E-state index is 5.55. The molecule has 6 heteroatoms. The molecule has 5 nitrogen and oxygen atoms in total. The van der Waals surface area contributed by atoms with Gasteiger partial charge in [0.15, 0.2) is 0 Å². The third kappa shape index (κ3) is 4.10. The monoisotopic (exact) mass is 360 g/mol. The molecular formula is C20H16N4OS. The SMILES string of the molecule is C(=C\c1nc(SCc2coc(-c3ccccc3)n2)n[nH]1)/c1ccccc1. The van der Waals surface area contributed by atoms with Gasteiger partial charge in [-0.25, -0.2) is 9.97 Å². The number of benzene rings is 2. The molecule has 0 saturated carbocycles. The quantitative estimate of drug-likeness (QED) is 0.494. The second-order valence-corrected chi connectivity index (χ2v) is 6.49. The Morgan fingerprint density at radius 2 is 1.69 bits per heavy atom. The minimum Gasteiger partial charge on any atom is -0.444 e. The van der Waals surface area contributed by atoms with E-state index in [0.29, 0.717) is 16.8 Å². The number of hydrogen-bond acceptors (Lipinski definition) is 5. The lowest BCUT2D eigenvalue weighted by molar-refractivity contribution is 0.573. The molecule has 0 spiro atoms. The molecule has 0 amide bonds. The maximum absolute atomic E-state index is 5.55. The first-order chi connectivity index (χ1) is 12.9. The van der Waals surface area contributed by atoms with E-state index in [4.69, 9.17) is 4.42 Å². The molecule has 1 N–H and O–H groups in total. The lowest BCUT2D eigenvalue weighted by Gasteiger charge is -1.93. The highest BCUT2D eigenvalue weighted by atomic mass is 32.2. The maximum Gasteiger partial charge on any atom is 0.226 e. The van der Waals surface area contributed by atoms with E-state index in [1.54, 1.807) is 6.26 Å². The van der Waals surface area contributed by atoms with Crippen LogP contribution in [0.1, 0.15) is 17.1 Å². The van der Waals surface area contributed by atoms with Crippen LogP contribution < -0.4 is 0 Å². The number of aromatic nitrogens is 4. The highest BCUT2D eigenvalue weighted by Gasteiger charge is 2.08. The normalized spacial score (nSPS) is 11.2. The summed E-state index contributed by atoms with van der Waals surface area (Å²) in [5.74, 6) is 2.00. The molecule has 2 aromatic carbocycles. The second kappa shape index (κ2) is 7.84. The van der Waals surface area contributed by atoms with E-state index in [2.05, 4.69) is 20.2 Å². The zero-order chi connectivity index (χ0) is 17.6. The van der Waals surface area contributed by atoms with Gasteiger partial charge < -0.3 is 4.42 Å². The van der Waals surface area contributed by atoms with Crippen LogP contribution >= 0.6 is 11.8 Å². The average molecular weight is 360 g/mol. The number of rotatable bonds is 6. The van der Waals surface area contributed by atoms with Crippen LogP contribution in [0.4, 0.5) is 0 Å². The number of H-pyrrole nitrogens is 1. The topological polar surface area (TPSA) is 67.6 Å². The van der Waals surface area contributed by atoms with Gasteiger partial charge in [0.25, 0.3) is 0 Å². The summed E-state index contributed by atoms with van der Waals surface area (Å²) in [7, 11) is 0. The van der Waals surface area contributed by atoms with Crippen molar-refractivity contribution in [1.29, 1.82) is 0 Å². The predicted octanol–water partition coefficient (Wildman–Crippen LogP) is 4.92. The molecule has 4 aromatic rings. The first-order valence-electron chi connectivity index (χ1n) is 8.15. The average Bonchev–Trinajstić information content (AvgIpc) is 3.36. The first-order valence-corrected chi connectivity index (χ1v) is 9.13. The summed E-state index contributed by atoms with van der Waals surface area (Å²) in [6, 6.07) is 19.9. The van der Waals surface area contributed by atoms with Crippen molar-refractivity contribution in [2.24, 2.45) is 0 Å². The largest absolute Gasteiger partial charge is 0.444 e. The fraction of sp³-hybridized carbons (Fsp3) is 0.0500. The Morgan fingerprint density at radius 3 is 2.50 bits per heavy atom. The molecule has 0 aliphatic carbocycles. The van der Waals surface area contributed by atoms with Crippen LogP contribution in [0.15, 0.2) is 76.5 Å². The zero-order valence-corrected chi connectivity index (χ0v) is 14.7. The van der Waals surface area contributed by atoms with Crippen molar-refractivity contribution in [3.63, 3.8) is 0 Å². The van der Waals surface area contributed by atoms with E-state index in [-0.39, 0.29) is 0 Å². The van der Waals surface area contributed by atoms with Gasteiger partial charge in [-0.2, -0.15) is 0 Å². The fourth-order valence-corrected chi connectivity index (χ4v) is 3.04. The molecule has 0 fully saturated rings. The number of aromatic amines is 1. The number of thioether (sulfide) groups is 1. The third-order valence-corrected chi connectivity index (χ3v) is 4.52. The van der Waals surface area contributed by atoms with Crippen LogP contribution in [-0.2, 0) is 5.75 Å². The third-order valence-electron chi connectivity index (χ3n) is 3.64. The van der Waals surface area contributed by atoms with Gasteiger partial charge in [-0.1, -0.05) is 66.4 Å². The van der Waals surface area contributed by atoms with E-state index < -0.39 is 0 Å². The summed E-state index contributed by atoms with van der Waals surface area (Å²) in [6.07, 6.45) is 5.59. The summed E-state index contributed by atoms with van der Waals surface area (Å²) >= 11 is 1.51. The minimum atomic E-state index is 0.627. The van der Waals surface area contributed by atoms with Crippen LogP contribution in [0, 0.1) is 0 Å². The van der Waals surface area contributed by atoms with E-state index in [9.17, 15) is 0 Å². The first kappa shape index (κ1) is 16.4. The summed E-state index contributed by atoms with van der Waals surface area (Å²) in [5, 5.41) is 7.84. The number of nitrogens with zero attached hydrogens (tertiary/aromatic N) is 3. The van der Waals surface area contributed by atoms with Gasteiger partial charge in [0.1, 0.15) is 12.1 Å². The Labute approximate surface area is 155 Å². The number of oxazole rings is 1. The number of hydrogen-bond donors (Lipinski definition) is 1. The Morgan fingerprint density at radius 1 is 0.923 bits per heavy atom. The molecule has 2 aromatic heterocycles. The minimum absolute atomic E-state index is 0.627. The van der Waals surface area contributed by atoms with Crippen molar-refractivity contribution in [2.45, 2.75) is 10.9 Å². The lowest BCUT2D eigenvalue weighted by Crippen LogP contribution is -1.83. The Balaban J connectivity index is 1.36. The molecule has 0 unspecified atom stereocenters. The van der Waals surface area contributed by atoms with Gasteiger partial charge in [0, 0.05) is 11.3 Å². The van der Waals surface area contributed by atoms with Crippen LogP contribution in [0.25, 0.3) is 23.6 Å². The summed E-state index contributed by atoms with van der Waals surface area (Å²) < 4.78 is 5.55. The molecule has 0 aliphatic heterocycles. The van der Waals surface area contributed by atoms with E-state index in [0.717, 1.165) is 22.6 Å². The standard InChI is InChI=1S/C20H16N4OS/c1-3-7-15(8-4-1)11-12-18-22-20(24-23-18)26-14-17-13-25-19(21-17)16-9-5-2-6-10-16/h1-13H,14H2,(H,22,23,24)/b12-11+. The van der Waals surface area contributed by atoms with E-state index in [1.165, 1.54) is 11.8 Å². The van der Waals surface area contributed by atoms with Gasteiger partial charge in [-0.15, -0.1) is 5.10 Å². The molecule has 0 bridgehead atoms. The Bertz CT molecular complexity index is 993. The zero-order valence-electron chi connectivity index (χ0n) is 13.9. The van der Waals surface area contributed by atoms with E-state index in [1.807, 2.05) is 72.8 Å². The van der Waals surface area contributed by atoms with Gasteiger partial charge in [-0.3, -0.25) is 5.10 Å². The highest BCUT2D eigenvalue weighted by molar-refractivity contribution is 7.98. The van der Waals surface area contributed by atoms with Crippen molar-refractivity contribution in [3.8, 4) is 11.5 Å². The molecular weight excluding hydrogens is 344 g/mol. The molecule has 0 saturated heterocycles. The predicted molar refractivity (Wildman–Crippen MR) is 103 cm³/mol. The second-order valence-electron chi connectivity index (χ2n) is 5.55. The van der Waals surface area contributed by atoms with Gasteiger partial charge in [0.05, 0.1) is 5.69 Å². The van der Waals surface area contributed by atoms with Crippen LogP contribution in [0.5, 0.6) is 0 Å². The molecule has 2 heterocycles. The lowest BCUT2D eigenvalue weighted by atomic mass is 10.2. The van der Waals surface area contributed by atoms with Gasteiger partial charge in [-0.05, 0) is 23.8 Å². The molecule has 0 atom stereocenters. The smallest absolute Gasteiger partial charge is 0.226 e. The van der Waals surface area contributed by atoms with Crippen LogP contribution in [0.2, 0.25) is 0 Å². The van der Waals surface area contributed by atoms with Crippen molar-refractivity contribution in [1.82, 2.24) is 20.2 Å². The van der Waals surface area contributed by atoms with E-state index >= 15 is 0 Å². The summed E-state index contributed by atoms with van der Waals surface area (Å²) in [5.41, 5.74) is 2.95. The van der Waals surface area contributed by atoms with Crippen LogP contribution in [0.3, 0.4) is 0 Å². The van der Waals surface area contributed by atoms with Crippen molar-refractivity contribution in [3.05, 3.63) is 84.0 Å². The summed E-state index contributed by atoms with van der Waals surface area (Å²) in [4.78, 5) is 8.97. The molecule has 4 rings (SSSR count).